The molecule has 2 saturated heterocycles. The first-order valence-electron chi connectivity index (χ1n) is 11.2. The third-order valence-electron chi connectivity index (χ3n) is 5.99. The summed E-state index contributed by atoms with van der Waals surface area (Å²) in [5, 5.41) is 5.40. The maximum atomic E-state index is 12.4. The van der Waals surface area contributed by atoms with E-state index in [9.17, 15) is 14.4 Å². The van der Waals surface area contributed by atoms with Crippen molar-refractivity contribution < 1.29 is 28.6 Å². The lowest BCUT2D eigenvalue weighted by molar-refractivity contribution is -0.139. The lowest BCUT2D eigenvalue weighted by Gasteiger charge is -2.34. The van der Waals surface area contributed by atoms with Gasteiger partial charge in [0.05, 0.1) is 19.3 Å². The van der Waals surface area contributed by atoms with E-state index in [4.69, 9.17) is 14.2 Å². The Kier molecular flexibility index (Phi) is 7.43. The molecule has 1 aromatic carbocycles. The zero-order chi connectivity index (χ0) is 22.3. The van der Waals surface area contributed by atoms with Gasteiger partial charge in [0.25, 0.3) is 0 Å². The van der Waals surface area contributed by atoms with Crippen molar-refractivity contribution in [2.45, 2.75) is 25.3 Å². The highest BCUT2D eigenvalue weighted by molar-refractivity contribution is 6.35. The van der Waals surface area contributed by atoms with E-state index in [1.165, 1.54) is 0 Å². The van der Waals surface area contributed by atoms with E-state index in [0.717, 1.165) is 31.6 Å². The Balaban J connectivity index is 1.28. The van der Waals surface area contributed by atoms with Crippen LogP contribution in [-0.4, -0.2) is 86.8 Å². The molecule has 1 atom stereocenters. The zero-order valence-corrected chi connectivity index (χ0v) is 18.1. The minimum Gasteiger partial charge on any atom is -0.454 e. The van der Waals surface area contributed by atoms with Crippen molar-refractivity contribution in [3.63, 3.8) is 0 Å². The van der Waals surface area contributed by atoms with Gasteiger partial charge >= 0.3 is 11.8 Å². The Morgan fingerprint density at radius 2 is 1.81 bits per heavy atom. The monoisotopic (exact) mass is 446 g/mol. The summed E-state index contributed by atoms with van der Waals surface area (Å²) in [5.74, 6) is 0.215. The molecule has 1 aromatic rings. The summed E-state index contributed by atoms with van der Waals surface area (Å²) >= 11 is 0. The maximum absolute atomic E-state index is 12.4. The average Bonchev–Trinajstić information content (AvgIpc) is 3.45. The van der Waals surface area contributed by atoms with E-state index >= 15 is 0 Å². The van der Waals surface area contributed by atoms with Gasteiger partial charge in [0.2, 0.25) is 12.7 Å². The van der Waals surface area contributed by atoms with Crippen LogP contribution in [0, 0.1) is 0 Å². The molecular formula is C22H30N4O6. The number of benzene rings is 1. The van der Waals surface area contributed by atoms with E-state index in [-0.39, 0.29) is 25.3 Å². The number of morpholine rings is 1. The van der Waals surface area contributed by atoms with E-state index in [2.05, 4.69) is 15.5 Å². The molecular weight excluding hydrogens is 416 g/mol. The molecule has 0 saturated carbocycles. The molecule has 3 aliphatic heterocycles. The lowest BCUT2D eigenvalue weighted by Crippen LogP contribution is -2.47. The second kappa shape index (κ2) is 10.6. The average molecular weight is 447 g/mol. The molecule has 174 valence electrons. The summed E-state index contributed by atoms with van der Waals surface area (Å²) in [6.07, 6.45) is 2.11. The number of fused-ring (bicyclic) bond motifs is 1. The Morgan fingerprint density at radius 1 is 1.03 bits per heavy atom. The quantitative estimate of drug-likeness (QED) is 0.428. The molecule has 0 unspecified atom stereocenters. The fraction of sp³-hybridized carbons (Fsp3) is 0.591. The van der Waals surface area contributed by atoms with Crippen molar-refractivity contribution in [1.29, 1.82) is 0 Å². The van der Waals surface area contributed by atoms with E-state index < -0.39 is 11.8 Å². The van der Waals surface area contributed by atoms with Crippen molar-refractivity contribution in [3.05, 3.63) is 23.8 Å². The van der Waals surface area contributed by atoms with Crippen molar-refractivity contribution in [3.8, 4) is 11.5 Å². The van der Waals surface area contributed by atoms with Gasteiger partial charge in [-0.1, -0.05) is 6.07 Å². The fourth-order valence-corrected chi connectivity index (χ4v) is 4.23. The molecule has 0 spiro atoms. The van der Waals surface area contributed by atoms with Crippen LogP contribution in [0.2, 0.25) is 0 Å². The highest BCUT2D eigenvalue weighted by atomic mass is 16.7. The van der Waals surface area contributed by atoms with Gasteiger partial charge in [-0.15, -0.1) is 0 Å². The van der Waals surface area contributed by atoms with Crippen molar-refractivity contribution >= 4 is 17.7 Å². The Bertz CT molecular complexity index is 842. The molecule has 4 rings (SSSR count). The van der Waals surface area contributed by atoms with Crippen LogP contribution >= 0.6 is 0 Å². The molecule has 3 aliphatic rings. The van der Waals surface area contributed by atoms with Gasteiger partial charge in [-0.2, -0.15) is 0 Å². The number of rotatable bonds is 8. The summed E-state index contributed by atoms with van der Waals surface area (Å²) < 4.78 is 16.4. The molecule has 2 N–H and O–H groups in total. The highest BCUT2D eigenvalue weighted by Gasteiger charge is 2.26. The minimum atomic E-state index is -0.666. The first kappa shape index (κ1) is 22.3. The number of amides is 3. The molecule has 0 bridgehead atoms. The SMILES string of the molecule is O=C(NCCCN1CCCC1=O)C(=O)NC[C@H](c1ccc2c(c1)OCO2)N1CCOCC1. The highest BCUT2D eigenvalue weighted by Crippen LogP contribution is 2.35. The zero-order valence-electron chi connectivity index (χ0n) is 18.1. The predicted molar refractivity (Wildman–Crippen MR) is 114 cm³/mol. The number of nitrogens with one attached hydrogen (secondary N) is 2. The number of nitrogens with zero attached hydrogens (tertiary/aromatic N) is 2. The first-order chi connectivity index (χ1) is 15.6. The molecule has 0 radical (unpaired) electrons. The van der Waals surface area contributed by atoms with Crippen LogP contribution in [0.3, 0.4) is 0 Å². The molecule has 0 aromatic heterocycles. The lowest BCUT2D eigenvalue weighted by atomic mass is 10.0. The van der Waals surface area contributed by atoms with Crippen LogP contribution in [0.1, 0.15) is 30.9 Å². The molecule has 32 heavy (non-hydrogen) atoms. The standard InChI is InChI=1S/C22H30N4O6/c27-20-3-1-7-26(20)8-2-6-23-21(28)22(29)24-14-17(25-9-11-30-12-10-25)16-4-5-18-19(13-16)32-15-31-18/h4-5,13,17H,1-3,6-12,14-15H2,(H,23,28)(H,24,29)/t17-/m1/s1. The number of hydrogen-bond acceptors (Lipinski definition) is 7. The number of carbonyl (C=O) groups excluding carboxylic acids is 3. The second-order valence-corrected chi connectivity index (χ2v) is 8.08. The second-order valence-electron chi connectivity index (χ2n) is 8.08. The van der Waals surface area contributed by atoms with Crippen LogP contribution in [-0.2, 0) is 19.1 Å². The van der Waals surface area contributed by atoms with Gasteiger partial charge in [-0.25, -0.2) is 0 Å². The molecule has 10 heteroatoms. The molecule has 0 aliphatic carbocycles. The van der Waals surface area contributed by atoms with Crippen molar-refractivity contribution in [1.82, 2.24) is 20.4 Å². The van der Waals surface area contributed by atoms with E-state index in [0.29, 0.717) is 50.6 Å². The summed E-state index contributed by atoms with van der Waals surface area (Å²) in [6, 6.07) is 5.63. The number of hydrogen-bond donors (Lipinski definition) is 2. The molecule has 3 amide bonds. The normalized spacial score (nSPS) is 19.1. The number of likely N-dealkylation sites (tertiary alicyclic amines) is 1. The van der Waals surface area contributed by atoms with Crippen molar-refractivity contribution in [2.24, 2.45) is 0 Å². The predicted octanol–water partition coefficient (Wildman–Crippen LogP) is 0.0335. The smallest absolute Gasteiger partial charge is 0.309 e. The third kappa shape index (κ3) is 5.49. The van der Waals surface area contributed by atoms with Crippen LogP contribution in [0.5, 0.6) is 11.5 Å². The molecule has 10 nitrogen and oxygen atoms in total. The minimum absolute atomic E-state index is 0.119. The largest absolute Gasteiger partial charge is 0.454 e. The van der Waals surface area contributed by atoms with Gasteiger partial charge in [0, 0.05) is 45.7 Å². The van der Waals surface area contributed by atoms with Gasteiger partial charge in [0.1, 0.15) is 0 Å². The Morgan fingerprint density at radius 3 is 2.59 bits per heavy atom. The van der Waals surface area contributed by atoms with Gasteiger partial charge in [-0.05, 0) is 30.5 Å². The summed E-state index contributed by atoms with van der Waals surface area (Å²) in [7, 11) is 0. The van der Waals surface area contributed by atoms with Gasteiger partial charge in [-0.3, -0.25) is 19.3 Å². The topological polar surface area (TPSA) is 109 Å². The van der Waals surface area contributed by atoms with Gasteiger partial charge in [0.15, 0.2) is 11.5 Å². The summed E-state index contributed by atoms with van der Waals surface area (Å²) in [5.41, 5.74) is 0.979. The van der Waals surface area contributed by atoms with Crippen molar-refractivity contribution in [2.75, 3.05) is 59.3 Å². The van der Waals surface area contributed by atoms with Crippen LogP contribution in [0.15, 0.2) is 18.2 Å². The van der Waals surface area contributed by atoms with Crippen LogP contribution in [0.4, 0.5) is 0 Å². The van der Waals surface area contributed by atoms with Gasteiger partial charge < -0.3 is 29.7 Å². The first-order valence-corrected chi connectivity index (χ1v) is 11.2. The fourth-order valence-electron chi connectivity index (χ4n) is 4.23. The number of ether oxygens (including phenoxy) is 3. The third-order valence-corrected chi connectivity index (χ3v) is 5.99. The molecule has 3 heterocycles. The summed E-state index contributed by atoms with van der Waals surface area (Å²) in [6.45, 7) is 4.92. The molecule has 2 fully saturated rings. The summed E-state index contributed by atoms with van der Waals surface area (Å²) in [4.78, 5) is 40.2. The van der Waals surface area contributed by atoms with Crippen LogP contribution < -0.4 is 20.1 Å². The van der Waals surface area contributed by atoms with E-state index in [1.54, 1.807) is 4.90 Å². The number of carbonyl (C=O) groups is 3. The Hall–Kier alpha value is -2.85. The van der Waals surface area contributed by atoms with Crippen LogP contribution in [0.25, 0.3) is 0 Å². The van der Waals surface area contributed by atoms with E-state index in [1.807, 2.05) is 18.2 Å². The Labute approximate surface area is 187 Å². The maximum Gasteiger partial charge on any atom is 0.309 e.